The van der Waals surface area contributed by atoms with Crippen LogP contribution in [-0.4, -0.2) is 59.9 Å². The van der Waals surface area contributed by atoms with E-state index in [9.17, 15) is 29.4 Å². The molecule has 0 atom stereocenters. The molecule has 0 saturated heterocycles. The monoisotopic (exact) mass is 705 g/mol. The van der Waals surface area contributed by atoms with Crippen LogP contribution in [0.4, 0.5) is 0 Å². The number of unbranched alkanes of at least 4 members (excludes halogenated alkanes) is 28. The molecule has 0 aliphatic carbocycles. The van der Waals surface area contributed by atoms with Gasteiger partial charge < -0.3 is 30.4 Å². The van der Waals surface area contributed by atoms with Gasteiger partial charge in [0.1, 0.15) is 0 Å². The minimum Gasteiger partial charge on any atom is -0.548 e. The summed E-state index contributed by atoms with van der Waals surface area (Å²) in [6, 6.07) is 0. The van der Waals surface area contributed by atoms with Crippen LogP contribution in [-0.2, 0) is 19.2 Å². The van der Waals surface area contributed by atoms with E-state index in [-0.39, 0.29) is 48.0 Å². The molecular formula is C40H76MgN2O6. The molecule has 0 aromatic carbocycles. The van der Waals surface area contributed by atoms with E-state index in [0.29, 0.717) is 12.8 Å². The number of amides is 2. The molecule has 0 radical (unpaired) electrons. The molecule has 49 heavy (non-hydrogen) atoms. The molecule has 0 saturated carbocycles. The van der Waals surface area contributed by atoms with Crippen molar-refractivity contribution >= 4 is 46.8 Å². The number of aliphatic carboxylic acids is 2. The third kappa shape index (κ3) is 51.1. The average molecular weight is 705 g/mol. The Hall–Kier alpha value is -1.35. The first kappa shape index (κ1) is 52.0. The Morgan fingerprint density at radius 1 is 0.347 bits per heavy atom. The Bertz CT molecular complexity index is 678. The molecule has 0 aliphatic heterocycles. The van der Waals surface area contributed by atoms with Crippen LogP contribution in [0.5, 0.6) is 0 Å². The minimum atomic E-state index is -1.24. The van der Waals surface area contributed by atoms with Crippen LogP contribution >= 0.6 is 0 Å². The molecule has 0 aromatic rings. The predicted octanol–water partition coefficient (Wildman–Crippen LogP) is 7.85. The van der Waals surface area contributed by atoms with Crippen molar-refractivity contribution in [1.82, 2.24) is 10.6 Å². The zero-order chi connectivity index (χ0) is 35.8. The van der Waals surface area contributed by atoms with Gasteiger partial charge in [0.05, 0.1) is 25.0 Å². The van der Waals surface area contributed by atoms with Crippen molar-refractivity contribution in [3.8, 4) is 0 Å². The largest absolute Gasteiger partial charge is 2.00 e. The van der Waals surface area contributed by atoms with Gasteiger partial charge in [0.2, 0.25) is 11.8 Å². The van der Waals surface area contributed by atoms with Crippen LogP contribution in [0.15, 0.2) is 0 Å². The molecular weight excluding hydrogens is 629 g/mol. The molecule has 2 amide bonds. The maximum absolute atomic E-state index is 11.3. The fourth-order valence-corrected chi connectivity index (χ4v) is 5.83. The molecule has 284 valence electrons. The molecule has 0 heterocycles. The number of carboxylic acids is 2. The van der Waals surface area contributed by atoms with Gasteiger partial charge in [0.15, 0.2) is 0 Å². The van der Waals surface area contributed by atoms with Crippen molar-refractivity contribution < 1.29 is 29.4 Å². The van der Waals surface area contributed by atoms with E-state index < -0.39 is 11.9 Å². The standard InChI is InChI=1S/2C20H39NO3.Mg/c2*1-2-3-4-5-6-7-8-9-10-11-12-13-14-15-16-17-19(22)21-18-20(23)24;/h2*2-18H2,1H3,(H,21,22)(H,23,24);/q;;+2/p-2. The molecule has 9 heteroatoms. The van der Waals surface area contributed by atoms with E-state index in [1.165, 1.54) is 167 Å². The van der Waals surface area contributed by atoms with E-state index in [1.54, 1.807) is 0 Å². The van der Waals surface area contributed by atoms with Crippen LogP contribution in [0.25, 0.3) is 0 Å². The second-order valence-electron chi connectivity index (χ2n) is 13.7. The van der Waals surface area contributed by atoms with Crippen molar-refractivity contribution in [1.29, 1.82) is 0 Å². The van der Waals surface area contributed by atoms with Gasteiger partial charge in [-0.1, -0.05) is 194 Å². The van der Waals surface area contributed by atoms with E-state index in [1.807, 2.05) is 0 Å². The fraction of sp³-hybridized carbons (Fsp3) is 0.900. The van der Waals surface area contributed by atoms with Crippen molar-refractivity contribution in [3.63, 3.8) is 0 Å². The summed E-state index contributed by atoms with van der Waals surface area (Å²) in [5, 5.41) is 25.0. The average Bonchev–Trinajstić information content (AvgIpc) is 3.06. The molecule has 0 bridgehead atoms. The van der Waals surface area contributed by atoms with E-state index in [2.05, 4.69) is 24.5 Å². The second kappa shape index (κ2) is 44.7. The third-order valence-corrected chi connectivity index (χ3v) is 8.87. The van der Waals surface area contributed by atoms with Crippen LogP contribution < -0.4 is 20.8 Å². The third-order valence-electron chi connectivity index (χ3n) is 8.87. The Labute approximate surface area is 318 Å². The fourth-order valence-electron chi connectivity index (χ4n) is 5.83. The molecule has 0 fully saturated rings. The van der Waals surface area contributed by atoms with Crippen LogP contribution in [0.3, 0.4) is 0 Å². The molecule has 0 spiro atoms. The van der Waals surface area contributed by atoms with Crippen LogP contribution in [0, 0.1) is 0 Å². The first-order valence-electron chi connectivity index (χ1n) is 20.3. The normalized spacial score (nSPS) is 10.5. The Kier molecular flexibility index (Phi) is 47.4. The first-order valence-corrected chi connectivity index (χ1v) is 20.3. The quantitative estimate of drug-likeness (QED) is 0.0503. The molecule has 0 unspecified atom stereocenters. The Morgan fingerprint density at radius 2 is 0.531 bits per heavy atom. The van der Waals surface area contributed by atoms with Crippen LogP contribution in [0.1, 0.15) is 219 Å². The summed E-state index contributed by atoms with van der Waals surface area (Å²) in [6.45, 7) is 3.77. The van der Waals surface area contributed by atoms with Gasteiger partial charge in [-0.15, -0.1) is 0 Å². The first-order chi connectivity index (χ1) is 23.3. The molecule has 2 N–H and O–H groups in total. The second-order valence-corrected chi connectivity index (χ2v) is 13.7. The smallest absolute Gasteiger partial charge is 0.548 e. The van der Waals surface area contributed by atoms with Gasteiger partial charge in [-0.3, -0.25) is 9.59 Å². The summed E-state index contributed by atoms with van der Waals surface area (Å²) in [4.78, 5) is 42.9. The topological polar surface area (TPSA) is 138 Å². The summed E-state index contributed by atoms with van der Waals surface area (Å²) >= 11 is 0. The maximum Gasteiger partial charge on any atom is 2.00 e. The number of hydrogen-bond acceptors (Lipinski definition) is 6. The van der Waals surface area contributed by atoms with E-state index in [4.69, 9.17) is 0 Å². The zero-order valence-corrected chi connectivity index (χ0v) is 33.6. The molecule has 0 aromatic heterocycles. The Balaban J connectivity index is -0.000000846. The van der Waals surface area contributed by atoms with Crippen LogP contribution in [0.2, 0.25) is 0 Å². The van der Waals surface area contributed by atoms with Gasteiger partial charge in [-0.25, -0.2) is 0 Å². The van der Waals surface area contributed by atoms with Crippen molar-refractivity contribution in [2.75, 3.05) is 13.1 Å². The number of hydrogen-bond donors (Lipinski definition) is 2. The van der Waals surface area contributed by atoms with Crippen molar-refractivity contribution in [2.45, 2.75) is 219 Å². The zero-order valence-electron chi connectivity index (χ0n) is 32.2. The number of carbonyl (C=O) groups is 4. The van der Waals surface area contributed by atoms with Gasteiger partial charge >= 0.3 is 23.1 Å². The number of carbonyl (C=O) groups excluding carboxylic acids is 4. The van der Waals surface area contributed by atoms with E-state index in [0.717, 1.165) is 25.7 Å². The minimum absolute atomic E-state index is 0. The number of rotatable bonds is 36. The summed E-state index contributed by atoms with van der Waals surface area (Å²) in [5.41, 5.74) is 0. The summed E-state index contributed by atoms with van der Waals surface area (Å²) in [7, 11) is 0. The van der Waals surface area contributed by atoms with Gasteiger partial charge in [-0.05, 0) is 12.8 Å². The van der Waals surface area contributed by atoms with Crippen molar-refractivity contribution in [2.24, 2.45) is 0 Å². The SMILES string of the molecule is CCCCCCCCCCCCCCCCCC(=O)NCC(=O)[O-].CCCCCCCCCCCCCCCCCC(=O)NCC(=O)[O-].[Mg+2]. The summed E-state index contributed by atoms with van der Waals surface area (Å²) in [5.74, 6) is -2.84. The summed E-state index contributed by atoms with van der Waals surface area (Å²) in [6.07, 6.45) is 39.8. The predicted molar refractivity (Wildman–Crippen MR) is 201 cm³/mol. The van der Waals surface area contributed by atoms with Gasteiger partial charge in [0, 0.05) is 12.8 Å². The van der Waals surface area contributed by atoms with Crippen molar-refractivity contribution in [3.05, 3.63) is 0 Å². The number of nitrogens with one attached hydrogen (secondary N) is 2. The molecule has 8 nitrogen and oxygen atoms in total. The Morgan fingerprint density at radius 3 is 0.714 bits per heavy atom. The molecule has 0 aliphatic rings. The maximum atomic E-state index is 11.3. The van der Waals surface area contributed by atoms with E-state index >= 15 is 0 Å². The van der Waals surface area contributed by atoms with Gasteiger partial charge in [0.25, 0.3) is 0 Å². The summed E-state index contributed by atoms with van der Waals surface area (Å²) < 4.78 is 0. The molecule has 0 rings (SSSR count). The number of carboxylic acid groups (broad SMARTS) is 2. The van der Waals surface area contributed by atoms with Gasteiger partial charge in [-0.2, -0.15) is 0 Å².